The molecule has 1 atom stereocenters. The molecule has 0 radical (unpaired) electrons. The predicted octanol–water partition coefficient (Wildman–Crippen LogP) is 3.05. The number of benzene rings is 1. The van der Waals surface area contributed by atoms with E-state index in [2.05, 4.69) is 11.8 Å². The van der Waals surface area contributed by atoms with Crippen LogP contribution in [0.5, 0.6) is 0 Å². The number of hydrogen-bond donors (Lipinski definition) is 1. The van der Waals surface area contributed by atoms with Crippen molar-refractivity contribution < 1.29 is 13.2 Å². The summed E-state index contributed by atoms with van der Waals surface area (Å²) in [6.45, 7) is 3.63. The molecule has 0 fully saturated rings. The van der Waals surface area contributed by atoms with E-state index >= 15 is 0 Å². The maximum absolute atomic E-state index is 12.4. The summed E-state index contributed by atoms with van der Waals surface area (Å²) in [6.07, 6.45) is -3.27. The van der Waals surface area contributed by atoms with Crippen LogP contribution in [-0.4, -0.2) is 25.0 Å². The molecule has 0 spiro atoms. The lowest BCUT2D eigenvalue weighted by molar-refractivity contribution is -0.137. The third-order valence-electron chi connectivity index (χ3n) is 2.78. The van der Waals surface area contributed by atoms with Crippen LogP contribution in [0.1, 0.15) is 30.5 Å². The van der Waals surface area contributed by atoms with Gasteiger partial charge in [-0.25, -0.2) is 0 Å². The molecule has 0 bridgehead atoms. The van der Waals surface area contributed by atoms with Gasteiger partial charge in [0.1, 0.15) is 0 Å². The Labute approximate surface area is 106 Å². The van der Waals surface area contributed by atoms with Crippen molar-refractivity contribution in [2.75, 3.05) is 20.1 Å². The van der Waals surface area contributed by atoms with Crippen molar-refractivity contribution in [3.63, 3.8) is 0 Å². The van der Waals surface area contributed by atoms with Crippen molar-refractivity contribution in [1.82, 2.24) is 4.90 Å². The summed E-state index contributed by atoms with van der Waals surface area (Å²) >= 11 is 0. The topological polar surface area (TPSA) is 29.3 Å². The van der Waals surface area contributed by atoms with Gasteiger partial charge in [0.15, 0.2) is 0 Å². The van der Waals surface area contributed by atoms with Crippen LogP contribution in [0.2, 0.25) is 0 Å². The molecule has 1 rings (SSSR count). The van der Waals surface area contributed by atoms with E-state index in [0.717, 1.165) is 30.7 Å². The van der Waals surface area contributed by atoms with Crippen molar-refractivity contribution in [2.24, 2.45) is 5.73 Å². The van der Waals surface area contributed by atoms with Crippen LogP contribution < -0.4 is 5.73 Å². The number of rotatable bonds is 5. The van der Waals surface area contributed by atoms with E-state index in [0.29, 0.717) is 6.54 Å². The number of halogens is 3. The van der Waals surface area contributed by atoms with Gasteiger partial charge >= 0.3 is 6.18 Å². The Hall–Kier alpha value is -1.07. The minimum absolute atomic E-state index is 0.260. The number of nitrogens with two attached hydrogens (primary N) is 1. The maximum Gasteiger partial charge on any atom is 0.416 e. The normalized spacial score (nSPS) is 13.9. The first-order valence-electron chi connectivity index (χ1n) is 5.96. The Bertz CT molecular complexity index is 359. The predicted molar refractivity (Wildman–Crippen MR) is 66.2 cm³/mol. The van der Waals surface area contributed by atoms with Gasteiger partial charge in [0.25, 0.3) is 0 Å². The lowest BCUT2D eigenvalue weighted by atomic mass is 10.0. The van der Waals surface area contributed by atoms with Gasteiger partial charge in [0.2, 0.25) is 0 Å². The first kappa shape index (κ1) is 15.0. The number of hydrogen-bond acceptors (Lipinski definition) is 2. The second-order valence-corrected chi connectivity index (χ2v) is 4.49. The van der Waals surface area contributed by atoms with Gasteiger partial charge in [-0.2, -0.15) is 13.2 Å². The van der Waals surface area contributed by atoms with Gasteiger partial charge in [0, 0.05) is 12.6 Å². The van der Waals surface area contributed by atoms with Crippen LogP contribution in [0.25, 0.3) is 0 Å². The molecule has 1 unspecified atom stereocenters. The fraction of sp³-hybridized carbons (Fsp3) is 0.538. The molecule has 2 nitrogen and oxygen atoms in total. The zero-order chi connectivity index (χ0) is 13.8. The zero-order valence-corrected chi connectivity index (χ0v) is 10.7. The van der Waals surface area contributed by atoms with E-state index in [1.807, 2.05) is 7.05 Å². The average molecular weight is 260 g/mol. The summed E-state index contributed by atoms with van der Waals surface area (Å²) < 4.78 is 37.2. The molecule has 2 N–H and O–H groups in total. The van der Waals surface area contributed by atoms with Gasteiger partial charge in [0.05, 0.1) is 5.56 Å². The Kier molecular flexibility index (Phi) is 5.16. The Morgan fingerprint density at radius 3 is 2.22 bits per heavy atom. The van der Waals surface area contributed by atoms with Crippen LogP contribution in [0.3, 0.4) is 0 Å². The second kappa shape index (κ2) is 6.20. The third-order valence-corrected chi connectivity index (χ3v) is 2.78. The summed E-state index contributed by atoms with van der Waals surface area (Å²) in [7, 11) is 1.95. The molecule has 0 amide bonds. The van der Waals surface area contributed by atoms with E-state index in [9.17, 15) is 13.2 Å². The van der Waals surface area contributed by atoms with E-state index in [1.54, 1.807) is 0 Å². The molecule has 102 valence electrons. The molecular weight excluding hydrogens is 241 g/mol. The first-order valence-corrected chi connectivity index (χ1v) is 5.96. The molecule has 0 heterocycles. The van der Waals surface area contributed by atoms with E-state index in [1.165, 1.54) is 12.1 Å². The molecular formula is C13H19F3N2. The third kappa shape index (κ3) is 4.31. The maximum atomic E-state index is 12.4. The second-order valence-electron chi connectivity index (χ2n) is 4.49. The van der Waals surface area contributed by atoms with Crippen molar-refractivity contribution in [3.8, 4) is 0 Å². The zero-order valence-electron chi connectivity index (χ0n) is 10.7. The van der Waals surface area contributed by atoms with Crippen molar-refractivity contribution in [2.45, 2.75) is 25.6 Å². The van der Waals surface area contributed by atoms with E-state index < -0.39 is 11.7 Å². The molecule has 0 aliphatic heterocycles. The number of alkyl halides is 3. The first-order chi connectivity index (χ1) is 8.34. The van der Waals surface area contributed by atoms with Crippen molar-refractivity contribution in [3.05, 3.63) is 35.4 Å². The summed E-state index contributed by atoms with van der Waals surface area (Å²) in [6, 6.07) is 4.80. The minimum Gasteiger partial charge on any atom is -0.323 e. The quantitative estimate of drug-likeness (QED) is 0.881. The standard InChI is InChI=1S/C13H19F3N2/c1-3-8-18(2)9-12(17)10-4-6-11(7-5-10)13(14,15)16/h4-7,12H,3,8-9,17H2,1-2H3. The van der Waals surface area contributed by atoms with Crippen LogP contribution >= 0.6 is 0 Å². The average Bonchev–Trinajstić information content (AvgIpc) is 2.28. The summed E-state index contributed by atoms with van der Waals surface area (Å²) in [5.74, 6) is 0. The van der Waals surface area contributed by atoms with Gasteiger partial charge < -0.3 is 10.6 Å². The number of nitrogens with zero attached hydrogens (tertiary/aromatic N) is 1. The smallest absolute Gasteiger partial charge is 0.323 e. The molecule has 0 saturated carbocycles. The summed E-state index contributed by atoms with van der Waals surface area (Å²) in [5.41, 5.74) is 6.05. The van der Waals surface area contributed by atoms with E-state index in [-0.39, 0.29) is 6.04 Å². The van der Waals surface area contributed by atoms with Crippen LogP contribution in [0.4, 0.5) is 13.2 Å². The molecule has 0 saturated heterocycles. The molecule has 18 heavy (non-hydrogen) atoms. The van der Waals surface area contributed by atoms with Gasteiger partial charge in [-0.05, 0) is 37.7 Å². The molecule has 0 aromatic heterocycles. The highest BCUT2D eigenvalue weighted by atomic mass is 19.4. The molecule has 0 aliphatic rings. The number of likely N-dealkylation sites (N-methyl/N-ethyl adjacent to an activating group) is 1. The Balaban J connectivity index is 2.67. The highest BCUT2D eigenvalue weighted by Gasteiger charge is 2.30. The molecule has 1 aromatic carbocycles. The largest absolute Gasteiger partial charge is 0.416 e. The fourth-order valence-corrected chi connectivity index (χ4v) is 1.83. The minimum atomic E-state index is -4.29. The lowest BCUT2D eigenvalue weighted by Gasteiger charge is -2.21. The molecule has 0 aliphatic carbocycles. The van der Waals surface area contributed by atoms with Gasteiger partial charge in [-0.1, -0.05) is 19.1 Å². The van der Waals surface area contributed by atoms with Crippen LogP contribution in [0, 0.1) is 0 Å². The summed E-state index contributed by atoms with van der Waals surface area (Å²) in [5, 5.41) is 0. The van der Waals surface area contributed by atoms with Crippen molar-refractivity contribution >= 4 is 0 Å². The lowest BCUT2D eigenvalue weighted by Crippen LogP contribution is -2.29. The highest BCUT2D eigenvalue weighted by Crippen LogP contribution is 2.29. The Morgan fingerprint density at radius 1 is 1.22 bits per heavy atom. The van der Waals surface area contributed by atoms with Gasteiger partial charge in [-0.15, -0.1) is 0 Å². The van der Waals surface area contributed by atoms with Gasteiger partial charge in [-0.3, -0.25) is 0 Å². The summed E-state index contributed by atoms with van der Waals surface area (Å²) in [4.78, 5) is 2.07. The molecule has 1 aromatic rings. The SMILES string of the molecule is CCCN(C)CC(N)c1ccc(C(F)(F)F)cc1. The van der Waals surface area contributed by atoms with E-state index in [4.69, 9.17) is 5.73 Å². The monoisotopic (exact) mass is 260 g/mol. The highest BCUT2D eigenvalue weighted by molar-refractivity contribution is 5.26. The van der Waals surface area contributed by atoms with Crippen LogP contribution in [-0.2, 0) is 6.18 Å². The van der Waals surface area contributed by atoms with Crippen molar-refractivity contribution in [1.29, 1.82) is 0 Å². The Morgan fingerprint density at radius 2 is 1.78 bits per heavy atom. The fourth-order valence-electron chi connectivity index (χ4n) is 1.83. The van der Waals surface area contributed by atoms with Crippen LogP contribution in [0.15, 0.2) is 24.3 Å². The molecule has 5 heteroatoms.